The van der Waals surface area contributed by atoms with E-state index in [0.29, 0.717) is 56.9 Å². The zero-order valence-corrected chi connectivity index (χ0v) is 51.2. The molecule has 2 saturated carbocycles. The maximum Gasteiger partial charge on any atom is 0.346 e. The summed E-state index contributed by atoms with van der Waals surface area (Å²) in [5.41, 5.74) is 5.03. The molecule has 6 aromatic carbocycles. The van der Waals surface area contributed by atoms with E-state index in [4.69, 9.17) is 33.7 Å². The van der Waals surface area contributed by atoms with Crippen LogP contribution in [0.15, 0.2) is 158 Å². The van der Waals surface area contributed by atoms with Gasteiger partial charge in [-0.05, 0) is 133 Å². The van der Waals surface area contributed by atoms with E-state index in [2.05, 4.69) is 20.2 Å². The fourth-order valence-electron chi connectivity index (χ4n) is 11.4. The number of nitrogens with zero attached hydrogens (tertiary/aromatic N) is 10. The lowest BCUT2D eigenvalue weighted by molar-refractivity contribution is 0.0397. The molecular formula is C72H58F6N10O7. The maximum absolute atomic E-state index is 16.2. The van der Waals surface area contributed by atoms with Gasteiger partial charge in [0.1, 0.15) is 59.8 Å². The summed E-state index contributed by atoms with van der Waals surface area (Å²) in [6.07, 6.45) is 11.2. The molecule has 0 radical (unpaired) electrons. The summed E-state index contributed by atoms with van der Waals surface area (Å²) >= 11 is 0. The van der Waals surface area contributed by atoms with Gasteiger partial charge in [0.2, 0.25) is 11.8 Å². The van der Waals surface area contributed by atoms with Crippen molar-refractivity contribution in [1.82, 2.24) is 48.6 Å². The number of aromatic nitrogens is 10. The Bertz CT molecular complexity index is 4640. The van der Waals surface area contributed by atoms with Crippen LogP contribution in [0.25, 0.3) is 66.8 Å². The predicted molar refractivity (Wildman–Crippen MR) is 338 cm³/mol. The average molecular weight is 1290 g/mol. The van der Waals surface area contributed by atoms with Crippen molar-refractivity contribution in [2.75, 3.05) is 27.4 Å². The van der Waals surface area contributed by atoms with Crippen LogP contribution in [-0.2, 0) is 53.4 Å². The molecule has 2 fully saturated rings. The Balaban J connectivity index is 0.634. The molecule has 0 amide bonds. The first-order chi connectivity index (χ1) is 46.2. The number of benzene rings is 6. The lowest BCUT2D eigenvalue weighted by Gasteiger charge is -2.12. The van der Waals surface area contributed by atoms with Gasteiger partial charge in [0.05, 0.1) is 82.3 Å². The number of carbonyl (C=O) groups excluding carboxylic acids is 2. The molecule has 95 heavy (non-hydrogen) atoms. The van der Waals surface area contributed by atoms with Gasteiger partial charge in [0.25, 0.3) is 0 Å². The highest BCUT2D eigenvalue weighted by molar-refractivity contribution is 6.05. The first-order valence-electron chi connectivity index (χ1n) is 30.8. The number of methoxy groups -OCH3 is 2. The third kappa shape index (κ3) is 13.3. The van der Waals surface area contributed by atoms with Crippen LogP contribution in [0.1, 0.15) is 92.4 Å². The number of halogens is 6. The molecule has 0 aliphatic heterocycles. The Morgan fingerprint density at radius 3 is 1.31 bits per heavy atom. The third-order valence-electron chi connectivity index (χ3n) is 16.9. The lowest BCUT2D eigenvalue weighted by atomic mass is 10.0. The van der Waals surface area contributed by atoms with Crippen LogP contribution in [0.2, 0.25) is 0 Å². The van der Waals surface area contributed by atoms with Gasteiger partial charge in [-0.25, -0.2) is 55.9 Å². The van der Waals surface area contributed by atoms with Crippen molar-refractivity contribution in [3.63, 3.8) is 0 Å². The predicted octanol–water partition coefficient (Wildman–Crippen LogP) is 14.4. The highest BCUT2D eigenvalue weighted by Crippen LogP contribution is 2.38. The van der Waals surface area contributed by atoms with Gasteiger partial charge in [-0.3, -0.25) is 9.36 Å². The van der Waals surface area contributed by atoms with Crippen LogP contribution in [-0.4, -0.2) is 88.0 Å². The van der Waals surface area contributed by atoms with E-state index >= 15 is 26.3 Å². The van der Waals surface area contributed by atoms with Gasteiger partial charge in [0.15, 0.2) is 0 Å². The molecule has 23 heteroatoms. The van der Waals surface area contributed by atoms with Gasteiger partial charge >= 0.3 is 11.9 Å². The van der Waals surface area contributed by atoms with Crippen molar-refractivity contribution in [2.24, 2.45) is 0 Å². The Morgan fingerprint density at radius 1 is 0.463 bits per heavy atom. The Labute approximate surface area is 539 Å². The van der Waals surface area contributed by atoms with Crippen molar-refractivity contribution >= 4 is 34.0 Å². The fraction of sp³-hybridized carbons (Fsp3) is 0.222. The standard InChI is InChI=1S/C72H58F6N10O7/c1-91-23-21-85-65-29-43(13-19-63(65)81-67(85)31-47-27-59(77)53(33-57(47)75)61-5-3-7-69(83-61)93-39-45-11-9-41(25-55(45)73)49-35-79-87(37-49)51-15-16-51)71(89)95-72(90)44-14-20-64-66(30-44)86(22-24-92-2)68(82-64)32-48-28-60(78)54(34-58(48)76)62-6-4-8-70(84-62)94-40-46-12-10-42(26-56(46)74)50-36-80-88(38-50)52-17-18-52/h3-14,19-20,25-30,33-38,51-52H,15-18,21-24,31-32,39-40H2,1-2H3. The number of ether oxygens (including phenoxy) is 5. The van der Waals surface area contributed by atoms with Crippen LogP contribution >= 0.6 is 0 Å². The molecule has 0 bridgehead atoms. The molecule has 6 heterocycles. The Morgan fingerprint density at radius 2 is 0.895 bits per heavy atom. The highest BCUT2D eigenvalue weighted by Gasteiger charge is 2.27. The molecule has 6 aromatic heterocycles. The molecule has 17 nitrogen and oxygen atoms in total. The van der Waals surface area contributed by atoms with Crippen molar-refractivity contribution in [1.29, 1.82) is 0 Å². The quantitative estimate of drug-likeness (QED) is 0.0317. The van der Waals surface area contributed by atoms with Crippen LogP contribution in [0, 0.1) is 34.9 Å². The third-order valence-corrected chi connectivity index (χ3v) is 16.9. The second-order valence-electron chi connectivity index (χ2n) is 23.4. The molecule has 0 atom stereocenters. The van der Waals surface area contributed by atoms with E-state index in [9.17, 15) is 9.59 Å². The normalized spacial score (nSPS) is 13.1. The molecule has 12 aromatic rings. The smallest absolute Gasteiger partial charge is 0.346 e. The number of pyridine rings is 2. The molecule has 0 N–H and O–H groups in total. The maximum atomic E-state index is 16.2. The minimum absolute atomic E-state index is 0.0136. The molecule has 480 valence electrons. The summed E-state index contributed by atoms with van der Waals surface area (Å²) in [5.74, 6) is -5.18. The van der Waals surface area contributed by atoms with Gasteiger partial charge in [0, 0.05) is 98.1 Å². The van der Waals surface area contributed by atoms with E-state index in [1.807, 2.05) is 21.8 Å². The monoisotopic (exact) mass is 1290 g/mol. The van der Waals surface area contributed by atoms with Crippen molar-refractivity contribution in [2.45, 2.75) is 76.9 Å². The van der Waals surface area contributed by atoms with Crippen LogP contribution in [0.4, 0.5) is 26.3 Å². The van der Waals surface area contributed by atoms with Crippen molar-refractivity contribution < 1.29 is 59.6 Å². The Kier molecular flexibility index (Phi) is 17.1. The summed E-state index contributed by atoms with van der Waals surface area (Å²) in [5, 5.41) is 8.78. The minimum atomic E-state index is -0.992. The molecule has 2 aliphatic rings. The van der Waals surface area contributed by atoms with Gasteiger partial charge in [-0.1, -0.05) is 36.4 Å². The van der Waals surface area contributed by atoms with Crippen molar-refractivity contribution in [3.05, 3.63) is 238 Å². The average Bonchev–Trinajstić information content (AvgIpc) is 1.71. The minimum Gasteiger partial charge on any atom is -0.473 e. The number of carbonyl (C=O) groups is 2. The van der Waals surface area contributed by atoms with Crippen LogP contribution in [0.3, 0.4) is 0 Å². The number of esters is 2. The van der Waals surface area contributed by atoms with E-state index in [-0.39, 0.29) is 120 Å². The van der Waals surface area contributed by atoms with E-state index in [0.717, 1.165) is 61.1 Å². The summed E-state index contributed by atoms with van der Waals surface area (Å²) < 4.78 is 130. The summed E-state index contributed by atoms with van der Waals surface area (Å²) in [6, 6.07) is 32.8. The van der Waals surface area contributed by atoms with Crippen LogP contribution in [0.5, 0.6) is 11.8 Å². The summed E-state index contributed by atoms with van der Waals surface area (Å²) in [7, 11) is 3.00. The molecule has 0 saturated heterocycles. The van der Waals surface area contributed by atoms with Gasteiger partial charge in [-0.15, -0.1) is 0 Å². The molecule has 14 rings (SSSR count). The van der Waals surface area contributed by atoms with Crippen LogP contribution < -0.4 is 9.47 Å². The Hall–Kier alpha value is -10.8. The molecule has 0 unspecified atom stereocenters. The summed E-state index contributed by atoms with van der Waals surface area (Å²) in [4.78, 5) is 45.9. The van der Waals surface area contributed by atoms with E-state index < -0.39 is 46.8 Å². The SMILES string of the molecule is COCCn1c(Cc2cc(F)c(-c3cccc(OCc4ccc(-c5cnn(C6CC6)c5)cc4F)n3)cc2F)nc2ccc(C(=O)OC(=O)c3ccc4nc(Cc5cc(F)c(-c6cccc(OCc7ccc(-c8cnn(C9CC9)c8)cc7F)n6)cc5F)n(CCOC)c4c3)cc21. The van der Waals surface area contributed by atoms with E-state index in [1.165, 1.54) is 74.9 Å². The second kappa shape index (κ2) is 26.3. The number of imidazole rings is 2. The molecular weight excluding hydrogens is 1230 g/mol. The van der Waals surface area contributed by atoms with E-state index in [1.54, 1.807) is 70.1 Å². The second-order valence-corrected chi connectivity index (χ2v) is 23.4. The number of rotatable bonds is 24. The first kappa shape index (κ1) is 61.7. The van der Waals surface area contributed by atoms with Crippen molar-refractivity contribution in [3.8, 4) is 56.5 Å². The zero-order valence-electron chi connectivity index (χ0n) is 51.2. The van der Waals surface area contributed by atoms with Gasteiger partial charge in [-0.2, -0.15) is 10.2 Å². The molecule has 2 aliphatic carbocycles. The van der Waals surface area contributed by atoms with Gasteiger partial charge < -0.3 is 32.8 Å². The molecule has 0 spiro atoms. The fourth-order valence-corrected chi connectivity index (χ4v) is 11.4. The number of hydrogen-bond donors (Lipinski definition) is 0. The zero-order chi connectivity index (χ0) is 65.4. The largest absolute Gasteiger partial charge is 0.473 e. The first-order valence-corrected chi connectivity index (χ1v) is 30.8. The number of hydrogen-bond acceptors (Lipinski definition) is 13. The highest BCUT2D eigenvalue weighted by atomic mass is 19.1. The summed E-state index contributed by atoms with van der Waals surface area (Å²) in [6.45, 7) is 0.426. The number of fused-ring (bicyclic) bond motifs is 2. The lowest BCUT2D eigenvalue weighted by Crippen LogP contribution is -2.14. The topological polar surface area (TPSA) is 177 Å².